The van der Waals surface area contributed by atoms with E-state index >= 15 is 0 Å². The molecule has 4 nitrogen and oxygen atoms in total. The fourth-order valence-corrected chi connectivity index (χ4v) is 2.53. The summed E-state index contributed by atoms with van der Waals surface area (Å²) in [7, 11) is 0. The second kappa shape index (κ2) is 4.82. The summed E-state index contributed by atoms with van der Waals surface area (Å²) in [5.41, 5.74) is 8.96. The molecule has 4 heteroatoms. The molecule has 0 spiro atoms. The maximum atomic E-state index is 11.1. The third-order valence-electron chi connectivity index (χ3n) is 3.50. The average molecular weight is 246 g/mol. The van der Waals surface area contributed by atoms with Crippen LogP contribution in [0.25, 0.3) is 10.9 Å². The summed E-state index contributed by atoms with van der Waals surface area (Å²) in [4.78, 5) is 14.3. The van der Waals surface area contributed by atoms with Crippen LogP contribution < -0.4 is 5.73 Å². The maximum absolute atomic E-state index is 11.1. The van der Waals surface area contributed by atoms with Crippen molar-refractivity contribution in [1.29, 1.82) is 0 Å². The number of aromatic amines is 1. The Morgan fingerprint density at radius 3 is 2.83 bits per heavy atom. The van der Waals surface area contributed by atoms with Crippen LogP contribution in [-0.2, 0) is 4.79 Å². The van der Waals surface area contributed by atoms with E-state index < -0.39 is 12.0 Å². The van der Waals surface area contributed by atoms with E-state index in [2.05, 4.69) is 4.98 Å². The highest BCUT2D eigenvalue weighted by molar-refractivity contribution is 5.88. The number of aryl methyl sites for hydroxylation is 1. The lowest BCUT2D eigenvalue weighted by Gasteiger charge is -2.19. The van der Waals surface area contributed by atoms with Gasteiger partial charge in [0.25, 0.3) is 0 Å². The van der Waals surface area contributed by atoms with Crippen LogP contribution in [0.3, 0.4) is 0 Å². The third kappa shape index (κ3) is 1.99. The van der Waals surface area contributed by atoms with Crippen LogP contribution in [0.15, 0.2) is 24.4 Å². The molecule has 2 rings (SSSR count). The Labute approximate surface area is 106 Å². The standard InChI is InChI=1S/C14H18N2O2/c1-3-9(13(15)14(17)18)10-7-16-11-6-4-5-8(2)12(10)11/h4-7,9,13,16H,3,15H2,1-2H3,(H,17,18). The summed E-state index contributed by atoms with van der Waals surface area (Å²) < 4.78 is 0. The Bertz CT molecular complexity index is 574. The van der Waals surface area contributed by atoms with Crippen LogP contribution in [0.5, 0.6) is 0 Å². The van der Waals surface area contributed by atoms with Crippen molar-refractivity contribution in [1.82, 2.24) is 4.98 Å². The number of carbonyl (C=O) groups is 1. The van der Waals surface area contributed by atoms with Gasteiger partial charge in [0.2, 0.25) is 0 Å². The van der Waals surface area contributed by atoms with Crippen molar-refractivity contribution in [2.75, 3.05) is 0 Å². The van der Waals surface area contributed by atoms with E-state index in [-0.39, 0.29) is 5.92 Å². The first-order valence-corrected chi connectivity index (χ1v) is 6.11. The highest BCUT2D eigenvalue weighted by Gasteiger charge is 2.26. The molecule has 0 radical (unpaired) electrons. The van der Waals surface area contributed by atoms with Gasteiger partial charge in [-0.2, -0.15) is 0 Å². The Hall–Kier alpha value is -1.81. The van der Waals surface area contributed by atoms with Crippen LogP contribution >= 0.6 is 0 Å². The molecule has 1 aromatic carbocycles. The number of benzene rings is 1. The van der Waals surface area contributed by atoms with Crippen molar-refractivity contribution in [3.8, 4) is 0 Å². The number of H-pyrrole nitrogens is 1. The molecule has 2 unspecified atom stereocenters. The zero-order chi connectivity index (χ0) is 13.3. The summed E-state index contributed by atoms with van der Waals surface area (Å²) in [6, 6.07) is 5.13. The molecular weight excluding hydrogens is 228 g/mol. The summed E-state index contributed by atoms with van der Waals surface area (Å²) in [6.45, 7) is 3.99. The first kappa shape index (κ1) is 12.6. The van der Waals surface area contributed by atoms with Crippen molar-refractivity contribution < 1.29 is 9.90 Å². The number of hydrogen-bond acceptors (Lipinski definition) is 2. The highest BCUT2D eigenvalue weighted by Crippen LogP contribution is 2.31. The molecule has 1 aromatic heterocycles. The van der Waals surface area contributed by atoms with Crippen LogP contribution in [0.1, 0.15) is 30.4 Å². The van der Waals surface area contributed by atoms with E-state index in [0.29, 0.717) is 6.42 Å². The van der Waals surface area contributed by atoms with E-state index in [1.165, 1.54) is 0 Å². The number of carboxylic acids is 1. The van der Waals surface area contributed by atoms with Crippen molar-refractivity contribution in [2.24, 2.45) is 5.73 Å². The zero-order valence-corrected chi connectivity index (χ0v) is 10.6. The van der Waals surface area contributed by atoms with Gasteiger partial charge in [-0.3, -0.25) is 4.79 Å². The number of carboxylic acid groups (broad SMARTS) is 1. The van der Waals surface area contributed by atoms with Crippen molar-refractivity contribution in [3.05, 3.63) is 35.5 Å². The number of nitrogens with two attached hydrogens (primary N) is 1. The van der Waals surface area contributed by atoms with Gasteiger partial charge in [0.15, 0.2) is 0 Å². The predicted octanol–water partition coefficient (Wildman–Crippen LogP) is 2.38. The molecule has 2 aromatic rings. The Morgan fingerprint density at radius 2 is 2.22 bits per heavy atom. The van der Waals surface area contributed by atoms with Crippen LogP contribution in [0.2, 0.25) is 0 Å². The maximum Gasteiger partial charge on any atom is 0.321 e. The molecule has 0 aliphatic rings. The SMILES string of the molecule is CCC(c1c[nH]c2cccc(C)c12)C(N)C(=O)O. The molecule has 0 saturated heterocycles. The molecule has 0 aliphatic carbocycles. The zero-order valence-electron chi connectivity index (χ0n) is 10.6. The third-order valence-corrected chi connectivity index (χ3v) is 3.50. The number of hydrogen-bond donors (Lipinski definition) is 3. The quantitative estimate of drug-likeness (QED) is 0.775. The lowest BCUT2D eigenvalue weighted by Crippen LogP contribution is -2.36. The minimum absolute atomic E-state index is 0.169. The molecule has 0 fully saturated rings. The van der Waals surface area contributed by atoms with Gasteiger partial charge in [0.05, 0.1) is 0 Å². The second-order valence-electron chi connectivity index (χ2n) is 4.62. The molecule has 2 atom stereocenters. The summed E-state index contributed by atoms with van der Waals surface area (Å²) >= 11 is 0. The smallest absolute Gasteiger partial charge is 0.321 e. The van der Waals surface area contributed by atoms with Gasteiger partial charge in [0, 0.05) is 23.0 Å². The minimum atomic E-state index is -0.954. The first-order chi connectivity index (χ1) is 8.56. The lowest BCUT2D eigenvalue weighted by atomic mass is 9.88. The van der Waals surface area contributed by atoms with Gasteiger partial charge in [-0.05, 0) is 30.5 Å². The van der Waals surface area contributed by atoms with Gasteiger partial charge < -0.3 is 15.8 Å². The van der Waals surface area contributed by atoms with Crippen molar-refractivity contribution in [2.45, 2.75) is 32.2 Å². The topological polar surface area (TPSA) is 79.1 Å². The van der Waals surface area contributed by atoms with Crippen LogP contribution in [-0.4, -0.2) is 22.1 Å². The molecular formula is C14H18N2O2. The second-order valence-corrected chi connectivity index (χ2v) is 4.62. The van der Waals surface area contributed by atoms with Crippen LogP contribution in [0, 0.1) is 6.92 Å². The van der Waals surface area contributed by atoms with E-state index in [1.807, 2.05) is 38.2 Å². The number of rotatable bonds is 4. The first-order valence-electron chi connectivity index (χ1n) is 6.11. The lowest BCUT2D eigenvalue weighted by molar-refractivity contribution is -0.139. The van der Waals surface area contributed by atoms with Crippen molar-refractivity contribution in [3.63, 3.8) is 0 Å². The van der Waals surface area contributed by atoms with Gasteiger partial charge in [0.1, 0.15) is 6.04 Å². The predicted molar refractivity (Wildman–Crippen MR) is 71.7 cm³/mol. The Balaban J connectivity index is 2.55. The normalized spacial score (nSPS) is 14.6. The Morgan fingerprint density at radius 1 is 1.50 bits per heavy atom. The molecule has 0 saturated carbocycles. The Kier molecular flexibility index (Phi) is 3.39. The average Bonchev–Trinajstić information content (AvgIpc) is 2.75. The molecule has 0 aliphatic heterocycles. The van der Waals surface area contributed by atoms with Crippen molar-refractivity contribution >= 4 is 16.9 Å². The van der Waals surface area contributed by atoms with E-state index in [1.54, 1.807) is 0 Å². The molecule has 18 heavy (non-hydrogen) atoms. The van der Waals surface area contributed by atoms with Crippen LogP contribution in [0.4, 0.5) is 0 Å². The van der Waals surface area contributed by atoms with Gasteiger partial charge in [-0.15, -0.1) is 0 Å². The van der Waals surface area contributed by atoms with E-state index in [0.717, 1.165) is 22.0 Å². The number of nitrogens with one attached hydrogen (secondary N) is 1. The fourth-order valence-electron chi connectivity index (χ4n) is 2.53. The van der Waals surface area contributed by atoms with Gasteiger partial charge in [-0.1, -0.05) is 19.1 Å². The summed E-state index contributed by atoms with van der Waals surface area (Å²) in [6.07, 6.45) is 2.59. The molecule has 96 valence electrons. The minimum Gasteiger partial charge on any atom is -0.480 e. The fraction of sp³-hybridized carbons (Fsp3) is 0.357. The van der Waals surface area contributed by atoms with Gasteiger partial charge >= 0.3 is 5.97 Å². The number of aliphatic carboxylic acids is 1. The highest BCUT2D eigenvalue weighted by atomic mass is 16.4. The molecule has 4 N–H and O–H groups in total. The largest absolute Gasteiger partial charge is 0.480 e. The van der Waals surface area contributed by atoms with Gasteiger partial charge in [-0.25, -0.2) is 0 Å². The van der Waals surface area contributed by atoms with E-state index in [9.17, 15) is 4.79 Å². The number of fused-ring (bicyclic) bond motifs is 1. The monoisotopic (exact) mass is 246 g/mol. The molecule has 0 amide bonds. The summed E-state index contributed by atoms with van der Waals surface area (Å²) in [5.74, 6) is -1.12. The molecule has 0 bridgehead atoms. The molecule has 1 heterocycles. The van der Waals surface area contributed by atoms with E-state index in [4.69, 9.17) is 10.8 Å². The number of aromatic nitrogens is 1. The summed E-state index contributed by atoms with van der Waals surface area (Å²) in [5, 5.41) is 10.2.